The molecule has 92 valence electrons. The maximum Gasteiger partial charge on any atom is 0.226 e. The summed E-state index contributed by atoms with van der Waals surface area (Å²) < 4.78 is 0. The number of carbonyl (C=O) groups is 1. The average molecular weight is 233 g/mol. The first-order valence-corrected chi connectivity index (χ1v) is 6.30. The van der Waals surface area contributed by atoms with E-state index < -0.39 is 0 Å². The Labute approximate surface area is 102 Å². The van der Waals surface area contributed by atoms with Gasteiger partial charge in [0.2, 0.25) is 5.91 Å². The number of carbonyl (C=O) groups excluding carboxylic acids is 1. The Morgan fingerprint density at radius 1 is 1.29 bits per heavy atom. The zero-order valence-electron chi connectivity index (χ0n) is 10.2. The summed E-state index contributed by atoms with van der Waals surface area (Å²) in [6.45, 7) is 1.80. The highest BCUT2D eigenvalue weighted by atomic mass is 16.1. The monoisotopic (exact) mass is 233 g/mol. The van der Waals surface area contributed by atoms with Crippen LogP contribution in [0.5, 0.6) is 0 Å². The van der Waals surface area contributed by atoms with Crippen molar-refractivity contribution >= 4 is 5.91 Å². The fourth-order valence-corrected chi connectivity index (χ4v) is 2.52. The summed E-state index contributed by atoms with van der Waals surface area (Å²) in [6, 6.07) is 0. The summed E-state index contributed by atoms with van der Waals surface area (Å²) in [5.41, 5.74) is 7.11. The molecule has 4 heteroatoms. The van der Waals surface area contributed by atoms with Crippen LogP contribution in [0.4, 0.5) is 0 Å². The lowest BCUT2D eigenvalue weighted by Gasteiger charge is -2.23. The van der Waals surface area contributed by atoms with Crippen molar-refractivity contribution in [3.8, 4) is 0 Å². The molecule has 0 aliphatic heterocycles. The molecule has 2 N–H and O–H groups in total. The van der Waals surface area contributed by atoms with Crippen LogP contribution in [0, 0.1) is 0 Å². The van der Waals surface area contributed by atoms with Gasteiger partial charge in [-0.3, -0.25) is 14.8 Å². The van der Waals surface area contributed by atoms with Crippen molar-refractivity contribution in [1.29, 1.82) is 0 Å². The largest absolute Gasteiger partial charge is 0.369 e. The first kappa shape index (κ1) is 12.0. The first-order valence-electron chi connectivity index (χ1n) is 6.30. The highest BCUT2D eigenvalue weighted by molar-refractivity contribution is 5.81. The predicted octanol–water partition coefficient (Wildman–Crippen LogP) is 2.11. The molecule has 1 amide bonds. The van der Waals surface area contributed by atoms with Gasteiger partial charge in [0.1, 0.15) is 0 Å². The summed E-state index contributed by atoms with van der Waals surface area (Å²) in [5.74, 6) is -0.225. The van der Waals surface area contributed by atoms with Crippen molar-refractivity contribution in [2.45, 2.75) is 50.9 Å². The lowest BCUT2D eigenvalue weighted by molar-refractivity contribution is -0.119. The number of rotatable bonds is 3. The quantitative estimate of drug-likeness (QED) is 0.869. The van der Waals surface area contributed by atoms with E-state index in [9.17, 15) is 4.79 Å². The van der Waals surface area contributed by atoms with E-state index >= 15 is 0 Å². The second-order valence-corrected chi connectivity index (χ2v) is 4.79. The van der Waals surface area contributed by atoms with Gasteiger partial charge in [0.05, 0.1) is 17.3 Å². The maximum absolute atomic E-state index is 11.3. The number of aromatic nitrogens is 2. The predicted molar refractivity (Wildman–Crippen MR) is 65.5 cm³/mol. The Morgan fingerprint density at radius 2 is 1.94 bits per heavy atom. The molecule has 1 unspecified atom stereocenters. The van der Waals surface area contributed by atoms with Crippen LogP contribution in [0.1, 0.15) is 62.3 Å². The van der Waals surface area contributed by atoms with E-state index in [1.165, 1.54) is 19.3 Å². The Hall–Kier alpha value is -1.45. The van der Waals surface area contributed by atoms with Crippen LogP contribution in [-0.4, -0.2) is 15.9 Å². The summed E-state index contributed by atoms with van der Waals surface area (Å²) in [7, 11) is 0. The van der Waals surface area contributed by atoms with Crippen LogP contribution in [0.3, 0.4) is 0 Å². The molecule has 1 aliphatic carbocycles. The molecule has 1 saturated carbocycles. The van der Waals surface area contributed by atoms with E-state index in [1.807, 2.05) is 0 Å². The molecular formula is C13H19N3O. The summed E-state index contributed by atoms with van der Waals surface area (Å²) >= 11 is 0. The summed E-state index contributed by atoms with van der Waals surface area (Å²) in [6.07, 6.45) is 9.44. The first-order chi connectivity index (χ1) is 8.20. The van der Waals surface area contributed by atoms with Crippen LogP contribution >= 0.6 is 0 Å². The average Bonchev–Trinajstić information content (AvgIpc) is 2.39. The van der Waals surface area contributed by atoms with E-state index in [4.69, 9.17) is 5.73 Å². The van der Waals surface area contributed by atoms with Crippen molar-refractivity contribution in [3.05, 3.63) is 23.8 Å². The van der Waals surface area contributed by atoms with Gasteiger partial charge >= 0.3 is 0 Å². The molecule has 2 rings (SSSR count). The molecule has 0 aromatic carbocycles. The minimum absolute atomic E-state index is 0.331. The van der Waals surface area contributed by atoms with Gasteiger partial charge in [-0.05, 0) is 19.8 Å². The zero-order chi connectivity index (χ0) is 12.3. The zero-order valence-corrected chi connectivity index (χ0v) is 10.2. The number of hydrogen-bond acceptors (Lipinski definition) is 3. The summed E-state index contributed by atoms with van der Waals surface area (Å²) in [5, 5.41) is 0. The van der Waals surface area contributed by atoms with E-state index in [2.05, 4.69) is 9.97 Å². The smallest absolute Gasteiger partial charge is 0.226 e. The minimum Gasteiger partial charge on any atom is -0.369 e. The lowest BCUT2D eigenvalue weighted by Crippen LogP contribution is -2.22. The topological polar surface area (TPSA) is 68.9 Å². The molecule has 1 aliphatic rings. The molecule has 0 bridgehead atoms. The van der Waals surface area contributed by atoms with Crippen LogP contribution in [-0.2, 0) is 4.79 Å². The van der Waals surface area contributed by atoms with Crippen LogP contribution < -0.4 is 5.73 Å². The van der Waals surface area contributed by atoms with E-state index in [-0.39, 0.29) is 11.8 Å². The number of hydrogen-bond donors (Lipinski definition) is 1. The van der Waals surface area contributed by atoms with Crippen molar-refractivity contribution in [3.63, 3.8) is 0 Å². The van der Waals surface area contributed by atoms with Crippen LogP contribution in [0.2, 0.25) is 0 Å². The fourth-order valence-electron chi connectivity index (χ4n) is 2.52. The van der Waals surface area contributed by atoms with Gasteiger partial charge in [-0.2, -0.15) is 0 Å². The molecule has 0 saturated heterocycles. The van der Waals surface area contributed by atoms with Gasteiger partial charge in [-0.15, -0.1) is 0 Å². The van der Waals surface area contributed by atoms with Gasteiger partial charge in [0.25, 0.3) is 0 Å². The highest BCUT2D eigenvalue weighted by Gasteiger charge is 2.24. The van der Waals surface area contributed by atoms with Crippen molar-refractivity contribution in [1.82, 2.24) is 9.97 Å². The Morgan fingerprint density at radius 3 is 2.59 bits per heavy atom. The number of nitrogens with two attached hydrogens (primary N) is 1. The lowest BCUT2D eigenvalue weighted by atomic mass is 9.84. The summed E-state index contributed by atoms with van der Waals surface area (Å²) in [4.78, 5) is 20.0. The van der Waals surface area contributed by atoms with Gasteiger partial charge in [-0.1, -0.05) is 19.3 Å². The normalized spacial score (nSPS) is 18.9. The van der Waals surface area contributed by atoms with Crippen LogP contribution in [0.25, 0.3) is 0 Å². The maximum atomic E-state index is 11.3. The third-order valence-corrected chi connectivity index (χ3v) is 3.59. The Bertz CT molecular complexity index is 399. The van der Waals surface area contributed by atoms with Gasteiger partial charge in [0.15, 0.2) is 0 Å². The van der Waals surface area contributed by atoms with Crippen molar-refractivity contribution in [2.24, 2.45) is 5.73 Å². The van der Waals surface area contributed by atoms with Gasteiger partial charge in [0, 0.05) is 18.3 Å². The third kappa shape index (κ3) is 2.62. The highest BCUT2D eigenvalue weighted by Crippen LogP contribution is 2.34. The number of nitrogens with zero attached hydrogens (tertiary/aromatic N) is 2. The van der Waals surface area contributed by atoms with E-state index in [1.54, 1.807) is 19.3 Å². The second kappa shape index (κ2) is 5.25. The Kier molecular flexibility index (Phi) is 3.71. The molecule has 0 radical (unpaired) electrons. The molecular weight excluding hydrogens is 214 g/mol. The molecule has 1 fully saturated rings. The standard InChI is InChI=1S/C13H19N3O/c1-9(13(14)17)11-12(16-8-7-15-11)10-5-3-2-4-6-10/h7-10H,2-6H2,1H3,(H2,14,17). The fraction of sp³-hybridized carbons (Fsp3) is 0.615. The molecule has 4 nitrogen and oxygen atoms in total. The number of primary amides is 1. The molecule has 17 heavy (non-hydrogen) atoms. The molecule has 1 heterocycles. The second-order valence-electron chi connectivity index (χ2n) is 4.79. The number of amides is 1. The van der Waals surface area contributed by atoms with Gasteiger partial charge in [-0.25, -0.2) is 0 Å². The minimum atomic E-state index is -0.347. The van der Waals surface area contributed by atoms with E-state index in [0.717, 1.165) is 24.2 Å². The molecule has 0 spiro atoms. The molecule has 1 aromatic heterocycles. The van der Waals surface area contributed by atoms with Crippen LogP contribution in [0.15, 0.2) is 12.4 Å². The third-order valence-electron chi connectivity index (χ3n) is 3.59. The van der Waals surface area contributed by atoms with Gasteiger partial charge < -0.3 is 5.73 Å². The SMILES string of the molecule is CC(C(N)=O)c1nccnc1C1CCCCC1. The molecule has 1 aromatic rings. The van der Waals surface area contributed by atoms with Crippen molar-refractivity contribution in [2.75, 3.05) is 0 Å². The van der Waals surface area contributed by atoms with Crippen molar-refractivity contribution < 1.29 is 4.79 Å². The Balaban J connectivity index is 2.29. The van der Waals surface area contributed by atoms with E-state index in [0.29, 0.717) is 5.92 Å². The molecule has 1 atom stereocenters.